The molecule has 0 saturated carbocycles. The predicted molar refractivity (Wildman–Crippen MR) is 104 cm³/mol. The zero-order valence-corrected chi connectivity index (χ0v) is 15.8. The molecule has 6 heteroatoms. The lowest BCUT2D eigenvalue weighted by molar-refractivity contribution is -0.0906. The second-order valence-corrected chi connectivity index (χ2v) is 8.08. The first-order chi connectivity index (χ1) is 13.3. The fourth-order valence-electron chi connectivity index (χ4n) is 4.18. The Hall–Kier alpha value is -2.44. The maximum atomic E-state index is 13.0. The normalized spacial score (nSPS) is 18.4. The molecule has 138 valence electrons. The summed E-state index contributed by atoms with van der Waals surface area (Å²) in [5.41, 5.74) is 2.85. The summed E-state index contributed by atoms with van der Waals surface area (Å²) in [4.78, 5) is 16.4. The number of piperidine rings is 1. The van der Waals surface area contributed by atoms with Crippen molar-refractivity contribution in [3.8, 4) is 5.69 Å². The van der Waals surface area contributed by atoms with Crippen molar-refractivity contribution in [2.75, 3.05) is 19.7 Å². The van der Waals surface area contributed by atoms with E-state index in [1.54, 1.807) is 22.2 Å². The Labute approximate surface area is 162 Å². The summed E-state index contributed by atoms with van der Waals surface area (Å²) in [5.74, 6) is 0.0843. The van der Waals surface area contributed by atoms with E-state index in [0.29, 0.717) is 5.56 Å². The lowest BCUT2D eigenvalue weighted by Gasteiger charge is -2.43. The molecule has 1 spiro atoms. The summed E-state index contributed by atoms with van der Waals surface area (Å²) < 4.78 is 8.03. The number of carbonyl (C=O) groups is 1. The number of fused-ring (bicyclic) bond motifs is 2. The van der Waals surface area contributed by atoms with Crippen molar-refractivity contribution in [3.05, 3.63) is 70.2 Å². The van der Waals surface area contributed by atoms with Crippen LogP contribution < -0.4 is 0 Å². The Morgan fingerprint density at radius 1 is 1.19 bits per heavy atom. The summed E-state index contributed by atoms with van der Waals surface area (Å²) >= 11 is 1.80. The van der Waals surface area contributed by atoms with Crippen LogP contribution in [0.1, 0.15) is 33.6 Å². The fourth-order valence-corrected chi connectivity index (χ4v) is 5.35. The Bertz CT molecular complexity index is 955. The number of likely N-dealkylation sites (tertiary alicyclic amines) is 1. The van der Waals surface area contributed by atoms with E-state index < -0.39 is 0 Å². The molecule has 5 rings (SSSR count). The third kappa shape index (κ3) is 2.89. The summed E-state index contributed by atoms with van der Waals surface area (Å²) in [6.07, 6.45) is 6.36. The van der Waals surface area contributed by atoms with Crippen LogP contribution in [0.15, 0.2) is 54.2 Å². The van der Waals surface area contributed by atoms with Gasteiger partial charge in [0.05, 0.1) is 12.3 Å². The molecule has 1 fully saturated rings. The highest BCUT2D eigenvalue weighted by Gasteiger charge is 2.42. The smallest absolute Gasteiger partial charge is 0.253 e. The SMILES string of the molecule is O=C(c1cccc(-n2cccn2)c1)N1CCC2(CC1)OCCc1ccsc12. The monoisotopic (exact) mass is 379 g/mol. The molecule has 1 aromatic carbocycles. The molecule has 5 nitrogen and oxygen atoms in total. The van der Waals surface area contributed by atoms with E-state index in [-0.39, 0.29) is 11.5 Å². The molecule has 0 N–H and O–H groups in total. The van der Waals surface area contributed by atoms with Gasteiger partial charge in [0.25, 0.3) is 5.91 Å². The zero-order chi connectivity index (χ0) is 18.3. The Morgan fingerprint density at radius 2 is 2.07 bits per heavy atom. The van der Waals surface area contributed by atoms with Crippen LogP contribution in [0.25, 0.3) is 5.69 Å². The Balaban J connectivity index is 1.33. The molecular weight excluding hydrogens is 358 g/mol. The average molecular weight is 379 g/mol. The topological polar surface area (TPSA) is 47.4 Å². The zero-order valence-electron chi connectivity index (χ0n) is 15.0. The first-order valence-electron chi connectivity index (χ1n) is 9.35. The molecule has 27 heavy (non-hydrogen) atoms. The van der Waals surface area contributed by atoms with Gasteiger partial charge in [0.1, 0.15) is 5.60 Å². The number of amides is 1. The Kier molecular flexibility index (Phi) is 4.10. The number of aromatic nitrogens is 2. The van der Waals surface area contributed by atoms with E-state index in [4.69, 9.17) is 4.74 Å². The standard InChI is InChI=1S/C21H21N3O2S/c25-20(17-3-1-4-18(15-17)24-10-2-9-22-24)23-11-7-21(8-12-23)19-16(5-13-26-21)6-14-27-19/h1-4,6,9-10,14-15H,5,7-8,11-13H2. The summed E-state index contributed by atoms with van der Waals surface area (Å²) in [6.45, 7) is 2.23. The van der Waals surface area contributed by atoms with Crippen LogP contribution in [0, 0.1) is 0 Å². The number of hydrogen-bond donors (Lipinski definition) is 0. The number of hydrogen-bond acceptors (Lipinski definition) is 4. The summed E-state index contributed by atoms with van der Waals surface area (Å²) in [6, 6.07) is 11.8. The number of thiophene rings is 1. The second-order valence-electron chi connectivity index (χ2n) is 7.16. The lowest BCUT2D eigenvalue weighted by Crippen LogP contribution is -2.47. The van der Waals surface area contributed by atoms with Gasteiger partial charge in [-0.05, 0) is 60.5 Å². The van der Waals surface area contributed by atoms with E-state index in [9.17, 15) is 4.79 Å². The van der Waals surface area contributed by atoms with Crippen LogP contribution in [-0.2, 0) is 16.8 Å². The van der Waals surface area contributed by atoms with Crippen molar-refractivity contribution >= 4 is 17.2 Å². The van der Waals surface area contributed by atoms with E-state index >= 15 is 0 Å². The lowest BCUT2D eigenvalue weighted by atomic mass is 9.85. The van der Waals surface area contributed by atoms with Crippen LogP contribution in [0.4, 0.5) is 0 Å². The van der Waals surface area contributed by atoms with Crippen LogP contribution in [-0.4, -0.2) is 40.3 Å². The first kappa shape index (κ1) is 16.7. The summed E-state index contributed by atoms with van der Waals surface area (Å²) in [5, 5.41) is 6.42. The molecule has 4 heterocycles. The van der Waals surface area contributed by atoms with Gasteiger partial charge in [-0.1, -0.05) is 6.07 Å². The van der Waals surface area contributed by atoms with Crippen LogP contribution in [0.5, 0.6) is 0 Å². The molecule has 2 aliphatic rings. The first-order valence-corrected chi connectivity index (χ1v) is 10.2. The molecule has 3 aromatic rings. The van der Waals surface area contributed by atoms with Crippen LogP contribution >= 0.6 is 11.3 Å². The molecule has 0 atom stereocenters. The number of ether oxygens (including phenoxy) is 1. The number of nitrogens with zero attached hydrogens (tertiary/aromatic N) is 3. The Morgan fingerprint density at radius 3 is 2.89 bits per heavy atom. The van der Waals surface area contributed by atoms with Crippen molar-refractivity contribution in [2.24, 2.45) is 0 Å². The molecular formula is C21H21N3O2S. The van der Waals surface area contributed by atoms with Crippen molar-refractivity contribution in [2.45, 2.75) is 24.9 Å². The van der Waals surface area contributed by atoms with Gasteiger partial charge in [0.2, 0.25) is 0 Å². The third-order valence-corrected chi connectivity index (χ3v) is 6.77. The van der Waals surface area contributed by atoms with Crippen molar-refractivity contribution < 1.29 is 9.53 Å². The van der Waals surface area contributed by atoms with Crippen LogP contribution in [0.3, 0.4) is 0 Å². The maximum Gasteiger partial charge on any atom is 0.253 e. The van der Waals surface area contributed by atoms with Gasteiger partial charge in [0, 0.05) is 35.9 Å². The molecule has 2 aliphatic heterocycles. The van der Waals surface area contributed by atoms with Gasteiger partial charge in [-0.2, -0.15) is 5.10 Å². The number of carbonyl (C=O) groups excluding carboxylic acids is 1. The van der Waals surface area contributed by atoms with E-state index in [1.165, 1.54) is 10.4 Å². The van der Waals surface area contributed by atoms with E-state index in [0.717, 1.165) is 44.6 Å². The maximum absolute atomic E-state index is 13.0. The molecule has 0 aliphatic carbocycles. The van der Waals surface area contributed by atoms with E-state index in [1.807, 2.05) is 41.4 Å². The molecule has 0 bridgehead atoms. The molecule has 1 saturated heterocycles. The summed E-state index contributed by atoms with van der Waals surface area (Å²) in [7, 11) is 0. The van der Waals surface area contributed by atoms with Crippen LogP contribution in [0.2, 0.25) is 0 Å². The highest BCUT2D eigenvalue weighted by atomic mass is 32.1. The highest BCUT2D eigenvalue weighted by Crippen LogP contribution is 2.44. The van der Waals surface area contributed by atoms with Gasteiger partial charge in [-0.3, -0.25) is 4.79 Å². The quantitative estimate of drug-likeness (QED) is 0.683. The van der Waals surface area contributed by atoms with Crippen molar-refractivity contribution in [1.82, 2.24) is 14.7 Å². The average Bonchev–Trinajstić information content (AvgIpc) is 3.41. The van der Waals surface area contributed by atoms with Crippen molar-refractivity contribution in [1.29, 1.82) is 0 Å². The predicted octanol–water partition coefficient (Wildman–Crippen LogP) is 3.64. The molecule has 0 unspecified atom stereocenters. The van der Waals surface area contributed by atoms with Gasteiger partial charge in [0.15, 0.2) is 0 Å². The third-order valence-electron chi connectivity index (χ3n) is 5.63. The molecule has 1 amide bonds. The van der Waals surface area contributed by atoms with Crippen molar-refractivity contribution in [3.63, 3.8) is 0 Å². The molecule has 2 aromatic heterocycles. The van der Waals surface area contributed by atoms with E-state index in [2.05, 4.69) is 16.5 Å². The van der Waals surface area contributed by atoms with Gasteiger partial charge in [-0.15, -0.1) is 11.3 Å². The minimum Gasteiger partial charge on any atom is -0.369 e. The van der Waals surface area contributed by atoms with Gasteiger partial charge >= 0.3 is 0 Å². The number of benzene rings is 1. The van der Waals surface area contributed by atoms with Gasteiger partial charge < -0.3 is 9.64 Å². The minimum absolute atomic E-state index is 0.0843. The fraction of sp³-hybridized carbons (Fsp3) is 0.333. The minimum atomic E-state index is -0.185. The number of rotatable bonds is 2. The highest BCUT2D eigenvalue weighted by molar-refractivity contribution is 7.10. The largest absolute Gasteiger partial charge is 0.369 e. The molecule has 0 radical (unpaired) electrons. The van der Waals surface area contributed by atoms with Gasteiger partial charge in [-0.25, -0.2) is 4.68 Å². The second kappa shape index (κ2) is 6.62.